The lowest BCUT2D eigenvalue weighted by Gasteiger charge is -2.26. The molecule has 0 aliphatic carbocycles. The average Bonchev–Trinajstić information content (AvgIpc) is 2.66. The van der Waals surface area contributed by atoms with Gasteiger partial charge in [-0.15, -0.1) is 0 Å². The summed E-state index contributed by atoms with van der Waals surface area (Å²) in [5.41, 5.74) is 0. The van der Waals surface area contributed by atoms with Gasteiger partial charge in [0.2, 0.25) is 0 Å². The lowest BCUT2D eigenvalue weighted by atomic mass is 10.2. The molecule has 0 bridgehead atoms. The number of nitrogens with one attached hydrogen (secondary N) is 5. The highest BCUT2D eigenvalue weighted by atomic mass is 16.5. The molecule has 0 radical (unpaired) electrons. The minimum atomic E-state index is 0.216. The van der Waals surface area contributed by atoms with Gasteiger partial charge in [-0.2, -0.15) is 0 Å². The van der Waals surface area contributed by atoms with Crippen LogP contribution in [0.1, 0.15) is 0 Å². The lowest BCUT2D eigenvalue weighted by Crippen LogP contribution is -2.53. The lowest BCUT2D eigenvalue weighted by molar-refractivity contribution is 0.134. The molecule has 4 atom stereocenters. The van der Waals surface area contributed by atoms with Crippen molar-refractivity contribution >= 4 is 0 Å². The van der Waals surface area contributed by atoms with Gasteiger partial charge in [0.1, 0.15) is 0 Å². The molecule has 162 valence electrons. The molecule has 27 heavy (non-hydrogen) atoms. The van der Waals surface area contributed by atoms with Crippen molar-refractivity contribution < 1.29 is 18.9 Å². The van der Waals surface area contributed by atoms with Crippen molar-refractivity contribution in [3.8, 4) is 0 Å². The number of rotatable bonds is 8. The van der Waals surface area contributed by atoms with Crippen LogP contribution < -0.4 is 26.6 Å². The molecule has 1 heterocycles. The Morgan fingerprint density at radius 3 is 1.30 bits per heavy atom. The maximum atomic E-state index is 5.38. The van der Waals surface area contributed by atoms with Crippen molar-refractivity contribution in [1.29, 1.82) is 0 Å². The van der Waals surface area contributed by atoms with E-state index in [1.165, 1.54) is 0 Å². The zero-order valence-electron chi connectivity index (χ0n) is 17.5. The Morgan fingerprint density at radius 2 is 0.889 bits per heavy atom. The van der Waals surface area contributed by atoms with E-state index in [0.29, 0.717) is 26.4 Å². The first-order chi connectivity index (χ1) is 13.2. The highest BCUT2D eigenvalue weighted by Crippen LogP contribution is 1.93. The number of hydrogen-bond acceptors (Lipinski definition) is 9. The van der Waals surface area contributed by atoms with Crippen LogP contribution in [-0.2, 0) is 18.9 Å². The number of methoxy groups -OCH3 is 4. The Balaban J connectivity index is 2.70. The monoisotopic (exact) mass is 391 g/mol. The van der Waals surface area contributed by atoms with Gasteiger partial charge in [0, 0.05) is 91.9 Å². The molecule has 0 aromatic heterocycles. The van der Waals surface area contributed by atoms with Gasteiger partial charge in [0.05, 0.1) is 26.4 Å². The van der Waals surface area contributed by atoms with Crippen molar-refractivity contribution in [1.82, 2.24) is 26.6 Å². The summed E-state index contributed by atoms with van der Waals surface area (Å²) in [5, 5.41) is 17.8. The molecule has 0 saturated carbocycles. The van der Waals surface area contributed by atoms with Gasteiger partial charge in [0.25, 0.3) is 0 Å². The largest absolute Gasteiger partial charge is 0.383 e. The maximum absolute atomic E-state index is 5.38. The second-order valence-corrected chi connectivity index (χ2v) is 6.99. The van der Waals surface area contributed by atoms with E-state index in [1.54, 1.807) is 28.4 Å². The summed E-state index contributed by atoms with van der Waals surface area (Å²) in [5.74, 6) is 0. The summed E-state index contributed by atoms with van der Waals surface area (Å²) < 4.78 is 21.5. The van der Waals surface area contributed by atoms with Crippen LogP contribution in [0.15, 0.2) is 0 Å². The van der Waals surface area contributed by atoms with Gasteiger partial charge in [-0.3, -0.25) is 0 Å². The van der Waals surface area contributed by atoms with Gasteiger partial charge >= 0.3 is 0 Å². The van der Waals surface area contributed by atoms with Crippen LogP contribution in [0.3, 0.4) is 0 Å². The van der Waals surface area contributed by atoms with Gasteiger partial charge in [0.15, 0.2) is 0 Å². The average molecular weight is 392 g/mol. The summed E-state index contributed by atoms with van der Waals surface area (Å²) in [7, 11) is 6.94. The second kappa shape index (κ2) is 16.6. The molecule has 1 aliphatic heterocycles. The Hall–Kier alpha value is -0.360. The molecule has 1 fully saturated rings. The Kier molecular flexibility index (Phi) is 15.2. The second-order valence-electron chi connectivity index (χ2n) is 6.99. The molecule has 0 amide bonds. The molecule has 4 unspecified atom stereocenters. The number of ether oxygens (including phenoxy) is 4. The first-order valence-corrected chi connectivity index (χ1v) is 9.83. The van der Waals surface area contributed by atoms with Crippen molar-refractivity contribution in [3.05, 3.63) is 0 Å². The molecule has 0 aromatic rings. The quantitative estimate of drug-likeness (QED) is 0.322. The van der Waals surface area contributed by atoms with Crippen LogP contribution in [0.2, 0.25) is 0 Å². The van der Waals surface area contributed by atoms with E-state index in [2.05, 4.69) is 26.6 Å². The third kappa shape index (κ3) is 11.9. The van der Waals surface area contributed by atoms with Gasteiger partial charge < -0.3 is 45.5 Å². The van der Waals surface area contributed by atoms with Crippen LogP contribution in [0, 0.1) is 0 Å². The zero-order valence-corrected chi connectivity index (χ0v) is 17.5. The van der Waals surface area contributed by atoms with E-state index < -0.39 is 0 Å². The zero-order chi connectivity index (χ0) is 19.7. The normalized spacial score (nSPS) is 29.8. The fourth-order valence-corrected chi connectivity index (χ4v) is 3.13. The minimum absolute atomic E-state index is 0.216. The van der Waals surface area contributed by atoms with Gasteiger partial charge in [-0.25, -0.2) is 0 Å². The third-order valence-corrected chi connectivity index (χ3v) is 4.56. The minimum Gasteiger partial charge on any atom is -0.383 e. The van der Waals surface area contributed by atoms with Crippen molar-refractivity contribution in [2.75, 3.05) is 94.1 Å². The first-order valence-electron chi connectivity index (χ1n) is 9.83. The van der Waals surface area contributed by atoms with Crippen molar-refractivity contribution in [2.45, 2.75) is 24.2 Å². The molecule has 5 N–H and O–H groups in total. The molecule has 0 spiro atoms. The van der Waals surface area contributed by atoms with Crippen LogP contribution >= 0.6 is 0 Å². The highest BCUT2D eigenvalue weighted by molar-refractivity contribution is 4.81. The fourth-order valence-electron chi connectivity index (χ4n) is 3.13. The Morgan fingerprint density at radius 1 is 0.519 bits per heavy atom. The number of hydrogen-bond donors (Lipinski definition) is 5. The third-order valence-electron chi connectivity index (χ3n) is 4.56. The first kappa shape index (κ1) is 24.7. The van der Waals surface area contributed by atoms with Crippen LogP contribution in [-0.4, -0.2) is 118 Å². The van der Waals surface area contributed by atoms with Crippen LogP contribution in [0.5, 0.6) is 0 Å². The molecule has 9 heteroatoms. The van der Waals surface area contributed by atoms with E-state index in [-0.39, 0.29) is 24.2 Å². The van der Waals surface area contributed by atoms with Crippen LogP contribution in [0.25, 0.3) is 0 Å². The van der Waals surface area contributed by atoms with E-state index in [1.807, 2.05) is 0 Å². The Labute approximate surface area is 164 Å². The molecule has 1 rings (SSSR count). The predicted octanol–water partition coefficient (Wildman–Crippen LogP) is -1.99. The van der Waals surface area contributed by atoms with Gasteiger partial charge in [-0.1, -0.05) is 0 Å². The fraction of sp³-hybridized carbons (Fsp3) is 1.00. The van der Waals surface area contributed by atoms with E-state index in [9.17, 15) is 0 Å². The predicted molar refractivity (Wildman–Crippen MR) is 108 cm³/mol. The molecule has 0 aromatic carbocycles. The van der Waals surface area contributed by atoms with E-state index in [4.69, 9.17) is 18.9 Å². The Bertz CT molecular complexity index is 311. The van der Waals surface area contributed by atoms with E-state index >= 15 is 0 Å². The molecular formula is C18H41N5O4. The summed E-state index contributed by atoms with van der Waals surface area (Å²) >= 11 is 0. The van der Waals surface area contributed by atoms with Crippen molar-refractivity contribution in [2.24, 2.45) is 0 Å². The van der Waals surface area contributed by atoms with Gasteiger partial charge in [-0.05, 0) is 0 Å². The smallest absolute Gasteiger partial charge is 0.0628 e. The molecule has 9 nitrogen and oxygen atoms in total. The highest BCUT2D eigenvalue weighted by Gasteiger charge is 2.17. The molecule has 1 aliphatic rings. The van der Waals surface area contributed by atoms with Crippen LogP contribution in [0.4, 0.5) is 0 Å². The summed E-state index contributed by atoms with van der Waals surface area (Å²) in [6.07, 6.45) is 0. The SMILES string of the molecule is COCC1CNCCNC(COC)CNC(COC)CNC(COC)CN1. The molecule has 1 saturated heterocycles. The van der Waals surface area contributed by atoms with Crippen molar-refractivity contribution in [3.63, 3.8) is 0 Å². The summed E-state index contributed by atoms with van der Waals surface area (Å²) in [6, 6.07) is 0.940. The molecular weight excluding hydrogens is 350 g/mol. The standard InChI is InChI=1S/C18H41N5O4/c1-24-11-15-7-19-5-6-20-16(12-25-2)8-22-18(14-27-4)10-23-17(9-21-15)13-26-3/h15-23H,5-14H2,1-4H3. The summed E-state index contributed by atoms with van der Waals surface area (Å²) in [4.78, 5) is 0. The maximum Gasteiger partial charge on any atom is 0.0628 e. The summed E-state index contributed by atoms with van der Waals surface area (Å²) in [6.45, 7) is 7.70. The van der Waals surface area contributed by atoms with E-state index in [0.717, 1.165) is 39.3 Å². The topological polar surface area (TPSA) is 97.1 Å².